The molecule has 1 heterocycles. The first-order valence-electron chi connectivity index (χ1n) is 4.39. The van der Waals surface area contributed by atoms with Crippen molar-refractivity contribution in [3.8, 4) is 0 Å². The van der Waals surface area contributed by atoms with Gasteiger partial charge in [0, 0.05) is 11.0 Å². The highest BCUT2D eigenvalue weighted by Crippen LogP contribution is 2.34. The standard InChI is InChI=1S/C8H16O2S2/c1-7-4-5-11-8(7)3-2-6-12(9)10/h7-8H,2-6H2,1H3,(H,9,10). The van der Waals surface area contributed by atoms with Gasteiger partial charge in [0.1, 0.15) is 0 Å². The number of hydrogen-bond acceptors (Lipinski definition) is 2. The predicted octanol–water partition coefficient (Wildman–Crippen LogP) is 2.13. The molecule has 12 heavy (non-hydrogen) atoms. The lowest BCUT2D eigenvalue weighted by atomic mass is 10.0. The fraction of sp³-hybridized carbons (Fsp3) is 1.00. The van der Waals surface area contributed by atoms with Crippen LogP contribution in [0.2, 0.25) is 0 Å². The molecular formula is C8H16O2S2. The quantitative estimate of drug-likeness (QED) is 0.719. The van der Waals surface area contributed by atoms with Crippen LogP contribution < -0.4 is 0 Å². The number of thioether (sulfide) groups is 1. The van der Waals surface area contributed by atoms with Crippen molar-refractivity contribution in [3.05, 3.63) is 0 Å². The van der Waals surface area contributed by atoms with E-state index in [1.165, 1.54) is 12.2 Å². The van der Waals surface area contributed by atoms with Crippen LogP contribution in [0.1, 0.15) is 26.2 Å². The second-order valence-electron chi connectivity index (χ2n) is 3.34. The third-order valence-corrected chi connectivity index (χ3v) is 4.59. The maximum absolute atomic E-state index is 10.4. The molecule has 0 spiro atoms. The maximum Gasteiger partial charge on any atom is 0.152 e. The van der Waals surface area contributed by atoms with Crippen LogP contribution in [0, 0.1) is 5.92 Å². The Labute approximate surface area is 80.8 Å². The highest BCUT2D eigenvalue weighted by atomic mass is 32.2. The Morgan fingerprint density at radius 2 is 2.42 bits per heavy atom. The number of rotatable bonds is 4. The summed E-state index contributed by atoms with van der Waals surface area (Å²) in [5, 5.41) is 0.744. The molecule has 0 radical (unpaired) electrons. The van der Waals surface area contributed by atoms with Crippen molar-refractivity contribution in [2.75, 3.05) is 11.5 Å². The van der Waals surface area contributed by atoms with Crippen LogP contribution in [0.4, 0.5) is 0 Å². The smallest absolute Gasteiger partial charge is 0.152 e. The van der Waals surface area contributed by atoms with Gasteiger partial charge in [0.2, 0.25) is 0 Å². The van der Waals surface area contributed by atoms with Crippen LogP contribution in [0.5, 0.6) is 0 Å². The van der Waals surface area contributed by atoms with Gasteiger partial charge in [-0.15, -0.1) is 0 Å². The monoisotopic (exact) mass is 208 g/mol. The molecule has 2 nitrogen and oxygen atoms in total. The molecule has 0 bridgehead atoms. The minimum Gasteiger partial charge on any atom is -0.306 e. The average Bonchev–Trinajstić information content (AvgIpc) is 2.36. The Bertz CT molecular complexity index is 161. The van der Waals surface area contributed by atoms with E-state index in [0.29, 0.717) is 5.75 Å². The van der Waals surface area contributed by atoms with E-state index in [0.717, 1.165) is 24.0 Å². The fourth-order valence-corrected chi connectivity index (χ4v) is 3.55. The van der Waals surface area contributed by atoms with E-state index in [1.807, 2.05) is 11.8 Å². The Morgan fingerprint density at radius 3 is 2.92 bits per heavy atom. The molecule has 0 amide bonds. The Balaban J connectivity index is 2.10. The molecule has 72 valence electrons. The summed E-state index contributed by atoms with van der Waals surface area (Å²) >= 11 is 0.435. The molecular weight excluding hydrogens is 192 g/mol. The minimum atomic E-state index is -1.59. The van der Waals surface area contributed by atoms with Crippen LogP contribution >= 0.6 is 11.8 Å². The van der Waals surface area contributed by atoms with Gasteiger partial charge in [0.05, 0.1) is 0 Å². The molecule has 0 aliphatic carbocycles. The summed E-state index contributed by atoms with van der Waals surface area (Å²) in [7, 11) is 0. The summed E-state index contributed by atoms with van der Waals surface area (Å²) in [6.45, 7) is 2.28. The second kappa shape index (κ2) is 5.25. The van der Waals surface area contributed by atoms with E-state index in [-0.39, 0.29) is 0 Å². The summed E-state index contributed by atoms with van der Waals surface area (Å²) in [5.74, 6) is 2.53. The van der Waals surface area contributed by atoms with Crippen molar-refractivity contribution in [3.63, 3.8) is 0 Å². The van der Waals surface area contributed by atoms with E-state index >= 15 is 0 Å². The maximum atomic E-state index is 10.4. The molecule has 3 unspecified atom stereocenters. The molecule has 1 fully saturated rings. The lowest BCUT2D eigenvalue weighted by Gasteiger charge is -2.12. The molecule has 1 N–H and O–H groups in total. The molecule has 0 aromatic heterocycles. The van der Waals surface area contributed by atoms with E-state index in [4.69, 9.17) is 4.55 Å². The summed E-state index contributed by atoms with van der Waals surface area (Å²) < 4.78 is 18.9. The van der Waals surface area contributed by atoms with Gasteiger partial charge >= 0.3 is 0 Å². The predicted molar refractivity (Wildman–Crippen MR) is 54.9 cm³/mol. The van der Waals surface area contributed by atoms with Gasteiger partial charge in [0.15, 0.2) is 11.1 Å². The molecule has 0 aromatic carbocycles. The summed E-state index contributed by atoms with van der Waals surface area (Å²) in [6, 6.07) is 0. The molecule has 1 aliphatic rings. The van der Waals surface area contributed by atoms with Gasteiger partial charge < -0.3 is 4.55 Å². The fourth-order valence-electron chi connectivity index (χ4n) is 1.53. The topological polar surface area (TPSA) is 37.3 Å². The van der Waals surface area contributed by atoms with Crippen molar-refractivity contribution < 1.29 is 8.76 Å². The van der Waals surface area contributed by atoms with E-state index in [2.05, 4.69) is 6.92 Å². The molecule has 3 atom stereocenters. The molecule has 1 rings (SSSR count). The lowest BCUT2D eigenvalue weighted by molar-refractivity contribution is 0.526. The van der Waals surface area contributed by atoms with Crippen molar-refractivity contribution in [1.29, 1.82) is 0 Å². The van der Waals surface area contributed by atoms with Crippen LogP contribution in [0.25, 0.3) is 0 Å². The third kappa shape index (κ3) is 3.46. The van der Waals surface area contributed by atoms with Crippen LogP contribution in [-0.4, -0.2) is 25.5 Å². The van der Waals surface area contributed by atoms with Crippen molar-refractivity contribution in [1.82, 2.24) is 0 Å². The largest absolute Gasteiger partial charge is 0.306 e. The zero-order valence-corrected chi connectivity index (χ0v) is 9.00. The summed E-state index contributed by atoms with van der Waals surface area (Å²) in [6.07, 6.45) is 3.32. The minimum absolute atomic E-state index is 0.448. The highest BCUT2D eigenvalue weighted by Gasteiger charge is 2.23. The first-order chi connectivity index (χ1) is 5.70. The van der Waals surface area contributed by atoms with Crippen molar-refractivity contribution >= 4 is 22.8 Å². The van der Waals surface area contributed by atoms with E-state index in [1.54, 1.807) is 0 Å². The van der Waals surface area contributed by atoms with Gasteiger partial charge in [-0.1, -0.05) is 6.92 Å². The van der Waals surface area contributed by atoms with Gasteiger partial charge in [-0.05, 0) is 30.9 Å². The molecule has 1 saturated heterocycles. The Morgan fingerprint density at radius 1 is 1.67 bits per heavy atom. The van der Waals surface area contributed by atoms with Crippen LogP contribution in [0.3, 0.4) is 0 Å². The van der Waals surface area contributed by atoms with Gasteiger partial charge in [0.25, 0.3) is 0 Å². The zero-order chi connectivity index (χ0) is 8.97. The van der Waals surface area contributed by atoms with E-state index in [9.17, 15) is 4.21 Å². The first-order valence-corrected chi connectivity index (χ1v) is 6.71. The summed E-state index contributed by atoms with van der Waals surface area (Å²) in [4.78, 5) is 0. The second-order valence-corrected chi connectivity index (χ2v) is 5.74. The average molecular weight is 208 g/mol. The lowest BCUT2D eigenvalue weighted by Crippen LogP contribution is -2.09. The highest BCUT2D eigenvalue weighted by molar-refractivity contribution is 8.00. The third-order valence-electron chi connectivity index (χ3n) is 2.35. The molecule has 0 aromatic rings. The number of hydrogen-bond donors (Lipinski definition) is 1. The summed E-state index contributed by atoms with van der Waals surface area (Å²) in [5.41, 5.74) is 0. The van der Waals surface area contributed by atoms with Crippen LogP contribution in [-0.2, 0) is 11.1 Å². The molecule has 4 heteroatoms. The van der Waals surface area contributed by atoms with E-state index < -0.39 is 11.1 Å². The first kappa shape index (κ1) is 10.5. The van der Waals surface area contributed by atoms with Crippen molar-refractivity contribution in [2.45, 2.75) is 31.4 Å². The van der Waals surface area contributed by atoms with Crippen molar-refractivity contribution in [2.24, 2.45) is 5.92 Å². The van der Waals surface area contributed by atoms with Gasteiger partial charge in [-0.3, -0.25) is 0 Å². The van der Waals surface area contributed by atoms with Gasteiger partial charge in [-0.25, -0.2) is 4.21 Å². The molecule has 0 saturated carbocycles. The van der Waals surface area contributed by atoms with Crippen LogP contribution in [0.15, 0.2) is 0 Å². The Hall–Kier alpha value is 0.460. The normalized spacial score (nSPS) is 32.2. The zero-order valence-electron chi connectivity index (χ0n) is 7.36. The Kier molecular flexibility index (Phi) is 4.61. The van der Waals surface area contributed by atoms with Gasteiger partial charge in [-0.2, -0.15) is 11.8 Å². The molecule has 1 aliphatic heterocycles. The SMILES string of the molecule is CC1CCSC1CCCS(=O)O.